The van der Waals surface area contributed by atoms with Crippen LogP contribution in [0.25, 0.3) is 11.0 Å². The van der Waals surface area contributed by atoms with Crippen LogP contribution in [0.1, 0.15) is 28.7 Å². The van der Waals surface area contributed by atoms with Gasteiger partial charge in [-0.15, -0.1) is 0 Å². The molecule has 0 aliphatic heterocycles. The number of carbonyl (C=O) groups is 2. The number of carbonyl (C=O) groups excluding carboxylic acids is 2. The van der Waals surface area contributed by atoms with Gasteiger partial charge in [0.15, 0.2) is 0 Å². The van der Waals surface area contributed by atoms with E-state index >= 15 is 0 Å². The summed E-state index contributed by atoms with van der Waals surface area (Å²) in [5, 5.41) is 3.48. The van der Waals surface area contributed by atoms with Crippen LogP contribution < -0.4 is 15.7 Å². The van der Waals surface area contributed by atoms with Crippen LogP contribution in [0.15, 0.2) is 88.1 Å². The van der Waals surface area contributed by atoms with Crippen LogP contribution in [-0.2, 0) is 35.4 Å². The van der Waals surface area contributed by atoms with E-state index in [2.05, 4.69) is 5.32 Å². The van der Waals surface area contributed by atoms with Gasteiger partial charge in [0.05, 0.1) is 0 Å². The molecule has 7 heteroatoms. The smallest absolute Gasteiger partial charge is 0.408 e. The molecule has 4 aromatic rings. The number of rotatable bonds is 7. The molecule has 1 aliphatic rings. The monoisotopic (exact) mass is 483 g/mol. The van der Waals surface area contributed by atoms with Crippen molar-refractivity contribution in [2.24, 2.45) is 0 Å². The van der Waals surface area contributed by atoms with E-state index in [0.717, 1.165) is 46.9 Å². The lowest BCUT2D eigenvalue weighted by molar-refractivity contribution is -0.136. The fraction of sp³-hybridized carbons (Fsp3) is 0.207. The summed E-state index contributed by atoms with van der Waals surface area (Å²) in [5.74, 6) is -0.426. The fourth-order valence-corrected chi connectivity index (χ4v) is 4.46. The van der Waals surface area contributed by atoms with E-state index in [1.165, 1.54) is 0 Å². The first-order chi connectivity index (χ1) is 17.6. The Bertz CT molecular complexity index is 1450. The van der Waals surface area contributed by atoms with Gasteiger partial charge in [-0.05, 0) is 48.1 Å². The predicted octanol–water partition coefficient (Wildman–Crippen LogP) is 4.72. The van der Waals surface area contributed by atoms with Gasteiger partial charge >= 0.3 is 17.7 Å². The molecule has 0 bridgehead atoms. The number of fused-ring (bicyclic) bond motifs is 3. The first kappa shape index (κ1) is 23.4. The molecule has 0 radical (unpaired) electrons. The van der Waals surface area contributed by atoms with Crippen molar-refractivity contribution in [3.05, 3.63) is 112 Å². The fourth-order valence-electron chi connectivity index (χ4n) is 4.46. The highest BCUT2D eigenvalue weighted by Crippen LogP contribution is 2.29. The Hall–Kier alpha value is -4.39. The van der Waals surface area contributed by atoms with Crippen LogP contribution >= 0.6 is 0 Å². The molecule has 1 heterocycles. The Morgan fingerprint density at radius 1 is 0.889 bits per heavy atom. The summed E-state index contributed by atoms with van der Waals surface area (Å²) in [6, 6.07) is 22.6. The van der Waals surface area contributed by atoms with Gasteiger partial charge in [-0.2, -0.15) is 0 Å². The third-order valence-corrected chi connectivity index (χ3v) is 6.24. The van der Waals surface area contributed by atoms with Crippen LogP contribution in [-0.4, -0.2) is 18.1 Å². The summed E-state index contributed by atoms with van der Waals surface area (Å²) in [4.78, 5) is 38.0. The second-order valence-electron chi connectivity index (χ2n) is 8.73. The molecule has 182 valence electrons. The molecule has 0 unspecified atom stereocenters. The van der Waals surface area contributed by atoms with Crippen LogP contribution in [0.4, 0.5) is 4.79 Å². The van der Waals surface area contributed by atoms with Gasteiger partial charge in [0.2, 0.25) is 0 Å². The molecule has 5 rings (SSSR count). The summed E-state index contributed by atoms with van der Waals surface area (Å²) in [6.45, 7) is 0.0772. The van der Waals surface area contributed by atoms with E-state index in [9.17, 15) is 14.4 Å². The van der Waals surface area contributed by atoms with Crippen molar-refractivity contribution >= 4 is 23.0 Å². The maximum atomic E-state index is 13.1. The van der Waals surface area contributed by atoms with E-state index in [1.807, 2.05) is 60.7 Å². The Kier molecular flexibility index (Phi) is 6.80. The second-order valence-corrected chi connectivity index (χ2v) is 8.73. The Labute approximate surface area is 207 Å². The van der Waals surface area contributed by atoms with Gasteiger partial charge in [-0.25, -0.2) is 14.4 Å². The summed E-state index contributed by atoms with van der Waals surface area (Å²) < 4.78 is 16.4. The minimum atomic E-state index is -0.988. The van der Waals surface area contributed by atoms with Crippen molar-refractivity contribution < 1.29 is 23.5 Å². The predicted molar refractivity (Wildman–Crippen MR) is 134 cm³/mol. The van der Waals surface area contributed by atoms with Crippen molar-refractivity contribution in [3.8, 4) is 5.75 Å². The van der Waals surface area contributed by atoms with Crippen molar-refractivity contribution in [1.82, 2.24) is 5.32 Å². The third kappa shape index (κ3) is 5.30. The van der Waals surface area contributed by atoms with Crippen LogP contribution in [0.5, 0.6) is 5.75 Å². The molecule has 0 saturated heterocycles. The Balaban J connectivity index is 1.32. The molecule has 0 fully saturated rings. The number of amides is 1. The first-order valence-corrected chi connectivity index (χ1v) is 11.9. The maximum absolute atomic E-state index is 13.1. The SMILES string of the molecule is O=C(N[C@@H](Cc1ccccc1)C(=O)Oc1ccc2c3c(c(=O)oc2c1)CCC3)OCc1ccccc1. The normalized spacial score (nSPS) is 13.1. The zero-order chi connectivity index (χ0) is 24.9. The van der Waals surface area contributed by atoms with E-state index in [1.54, 1.807) is 18.2 Å². The molecule has 36 heavy (non-hydrogen) atoms. The highest BCUT2D eigenvalue weighted by Gasteiger charge is 2.25. The van der Waals surface area contributed by atoms with Gasteiger partial charge in [0.25, 0.3) is 0 Å². The number of alkyl carbamates (subject to hydrolysis) is 1. The number of hydrogen-bond donors (Lipinski definition) is 1. The average molecular weight is 484 g/mol. The van der Waals surface area contributed by atoms with Crippen LogP contribution in [0.3, 0.4) is 0 Å². The van der Waals surface area contributed by atoms with Crippen molar-refractivity contribution in [2.75, 3.05) is 0 Å². The van der Waals surface area contributed by atoms with Gasteiger partial charge in [0, 0.05) is 23.4 Å². The largest absolute Gasteiger partial charge is 0.445 e. The molecular weight excluding hydrogens is 458 g/mol. The highest BCUT2D eigenvalue weighted by molar-refractivity contribution is 5.86. The van der Waals surface area contributed by atoms with Crippen molar-refractivity contribution in [2.45, 2.75) is 38.3 Å². The minimum Gasteiger partial charge on any atom is -0.445 e. The Morgan fingerprint density at radius 2 is 1.58 bits per heavy atom. The molecule has 1 aliphatic carbocycles. The zero-order valence-corrected chi connectivity index (χ0v) is 19.6. The molecule has 7 nitrogen and oxygen atoms in total. The number of benzene rings is 3. The lowest BCUT2D eigenvalue weighted by Gasteiger charge is -2.18. The number of nitrogens with one attached hydrogen (secondary N) is 1. The molecule has 1 atom stereocenters. The van der Waals surface area contributed by atoms with Crippen LogP contribution in [0.2, 0.25) is 0 Å². The summed E-state index contributed by atoms with van der Waals surface area (Å²) in [7, 11) is 0. The zero-order valence-electron chi connectivity index (χ0n) is 19.6. The molecule has 1 N–H and O–H groups in total. The molecule has 0 spiro atoms. The summed E-state index contributed by atoms with van der Waals surface area (Å²) in [5.41, 5.74) is 3.45. The molecule has 1 amide bonds. The standard InChI is InChI=1S/C29H25NO6/c31-27-24-13-7-12-22(24)23-15-14-21(17-26(23)36-27)35-28(32)25(16-19-8-3-1-4-9-19)30-29(33)34-18-20-10-5-2-6-11-20/h1-6,8-11,14-15,17,25H,7,12-13,16,18H2,(H,30,33)/t25-/m0/s1. The van der Waals surface area contributed by atoms with Gasteiger partial charge in [-0.3, -0.25) is 0 Å². The minimum absolute atomic E-state index is 0.0772. The van der Waals surface area contributed by atoms with E-state index in [0.29, 0.717) is 5.58 Å². The highest BCUT2D eigenvalue weighted by atomic mass is 16.6. The maximum Gasteiger partial charge on any atom is 0.408 e. The molecule has 1 aromatic heterocycles. The quantitative estimate of drug-likeness (QED) is 0.232. The number of esters is 1. The average Bonchev–Trinajstić information content (AvgIpc) is 3.39. The van der Waals surface area contributed by atoms with Crippen molar-refractivity contribution in [3.63, 3.8) is 0 Å². The van der Waals surface area contributed by atoms with Gasteiger partial charge in [-0.1, -0.05) is 60.7 Å². The van der Waals surface area contributed by atoms with Gasteiger partial charge in [0.1, 0.15) is 24.0 Å². The van der Waals surface area contributed by atoms with Crippen molar-refractivity contribution in [1.29, 1.82) is 0 Å². The van der Waals surface area contributed by atoms with Gasteiger partial charge < -0.3 is 19.2 Å². The summed E-state index contributed by atoms with van der Waals surface area (Å²) >= 11 is 0. The summed E-state index contributed by atoms with van der Waals surface area (Å²) in [6.07, 6.45) is 1.96. The number of aryl methyl sites for hydroxylation is 1. The number of ether oxygens (including phenoxy) is 2. The lowest BCUT2D eigenvalue weighted by atomic mass is 10.1. The topological polar surface area (TPSA) is 94.8 Å². The second kappa shape index (κ2) is 10.5. The number of hydrogen-bond acceptors (Lipinski definition) is 6. The van der Waals surface area contributed by atoms with E-state index < -0.39 is 18.1 Å². The molecule has 0 saturated carbocycles. The Morgan fingerprint density at radius 3 is 2.33 bits per heavy atom. The lowest BCUT2D eigenvalue weighted by Crippen LogP contribution is -2.44. The third-order valence-electron chi connectivity index (χ3n) is 6.24. The van der Waals surface area contributed by atoms with E-state index in [-0.39, 0.29) is 24.4 Å². The molecular formula is C29H25NO6. The molecule has 3 aromatic carbocycles. The first-order valence-electron chi connectivity index (χ1n) is 11.9. The van der Waals surface area contributed by atoms with Crippen LogP contribution in [0, 0.1) is 0 Å². The van der Waals surface area contributed by atoms with E-state index in [4.69, 9.17) is 13.9 Å².